The summed E-state index contributed by atoms with van der Waals surface area (Å²) < 4.78 is 23.7. The number of benzene rings is 1. The minimum atomic E-state index is -0.748. The van der Waals surface area contributed by atoms with Gasteiger partial charge < -0.3 is 29.0 Å². The molecule has 0 aromatic heterocycles. The summed E-state index contributed by atoms with van der Waals surface area (Å²) in [5, 5.41) is 9.26. The maximum atomic E-state index is 12.8. The lowest BCUT2D eigenvalue weighted by atomic mass is 9.87. The van der Waals surface area contributed by atoms with Gasteiger partial charge in [-0.15, -0.1) is 0 Å². The Balaban J connectivity index is 1.61. The first kappa shape index (κ1) is 25.5. The van der Waals surface area contributed by atoms with Crippen molar-refractivity contribution < 1.29 is 33.6 Å². The highest BCUT2D eigenvalue weighted by Gasteiger charge is 2.40. The van der Waals surface area contributed by atoms with Gasteiger partial charge in [-0.05, 0) is 64.9 Å². The molecule has 0 radical (unpaired) electrons. The molecule has 2 aliphatic rings. The van der Waals surface area contributed by atoms with Gasteiger partial charge in [-0.25, -0.2) is 4.79 Å². The van der Waals surface area contributed by atoms with E-state index >= 15 is 0 Å². The maximum absolute atomic E-state index is 12.8. The highest BCUT2D eigenvalue weighted by Crippen LogP contribution is 2.31. The van der Waals surface area contributed by atoms with Crippen LogP contribution in [0.2, 0.25) is 0 Å². The molecule has 8 heteroatoms. The summed E-state index contributed by atoms with van der Waals surface area (Å²) in [5.41, 5.74) is 0.455. The van der Waals surface area contributed by atoms with Crippen molar-refractivity contribution in [3.63, 3.8) is 0 Å². The minimum Gasteiger partial charge on any atom is -0.481 e. The highest BCUT2D eigenvalue weighted by atomic mass is 16.8. The van der Waals surface area contributed by atoms with Crippen LogP contribution in [0, 0.1) is 5.92 Å². The van der Waals surface area contributed by atoms with Crippen molar-refractivity contribution in [2.24, 2.45) is 5.92 Å². The first-order valence-corrected chi connectivity index (χ1v) is 11.8. The molecular formula is C25H37NO7. The number of ether oxygens (including phenoxy) is 4. The number of nitrogens with zero attached hydrogens (tertiary/aromatic N) is 1. The quantitative estimate of drug-likeness (QED) is 0.424. The molecule has 0 bridgehead atoms. The Kier molecular flexibility index (Phi) is 9.11. The van der Waals surface area contributed by atoms with E-state index in [0.717, 1.165) is 18.4 Å². The number of carboxylic acid groups (broad SMARTS) is 1. The van der Waals surface area contributed by atoms with Crippen molar-refractivity contribution >= 4 is 12.1 Å². The first-order chi connectivity index (χ1) is 15.7. The summed E-state index contributed by atoms with van der Waals surface area (Å²) in [4.78, 5) is 25.8. The van der Waals surface area contributed by atoms with Crippen LogP contribution in [0.5, 0.6) is 0 Å². The van der Waals surface area contributed by atoms with E-state index in [4.69, 9.17) is 18.9 Å². The second-order valence-corrected chi connectivity index (χ2v) is 9.82. The molecule has 1 aliphatic carbocycles. The van der Waals surface area contributed by atoms with Gasteiger partial charge in [-0.1, -0.05) is 30.3 Å². The number of likely N-dealkylation sites (tertiary alicyclic amines) is 1. The van der Waals surface area contributed by atoms with Gasteiger partial charge in [0.05, 0.1) is 24.7 Å². The van der Waals surface area contributed by atoms with E-state index in [2.05, 4.69) is 0 Å². The topological polar surface area (TPSA) is 94.5 Å². The van der Waals surface area contributed by atoms with Crippen LogP contribution < -0.4 is 0 Å². The number of hydrogen-bond donors (Lipinski definition) is 1. The van der Waals surface area contributed by atoms with Crippen molar-refractivity contribution in [1.29, 1.82) is 0 Å². The van der Waals surface area contributed by atoms with E-state index in [1.165, 1.54) is 0 Å². The Bertz CT molecular complexity index is 756. The Morgan fingerprint density at radius 2 is 1.79 bits per heavy atom. The van der Waals surface area contributed by atoms with Crippen LogP contribution in [-0.4, -0.2) is 59.4 Å². The summed E-state index contributed by atoms with van der Waals surface area (Å²) in [6.07, 6.45) is 2.90. The van der Waals surface area contributed by atoms with Crippen molar-refractivity contribution in [2.45, 2.75) is 89.9 Å². The fourth-order valence-corrected chi connectivity index (χ4v) is 4.35. The zero-order chi connectivity index (χ0) is 23.8. The lowest BCUT2D eigenvalue weighted by Crippen LogP contribution is -2.48. The molecule has 1 unspecified atom stereocenters. The SMILES string of the molecule is CC(C)(C)OC(=O)N1CCC[C@H]1C(OCOCc1ccccc1)OC1CCC(C(=O)O)CC1. The van der Waals surface area contributed by atoms with Crippen LogP contribution >= 0.6 is 0 Å². The van der Waals surface area contributed by atoms with E-state index in [0.29, 0.717) is 38.8 Å². The molecule has 1 saturated carbocycles. The average molecular weight is 464 g/mol. The largest absolute Gasteiger partial charge is 0.481 e. The normalized spacial score (nSPS) is 24.5. The van der Waals surface area contributed by atoms with Gasteiger partial charge in [0.25, 0.3) is 0 Å². The summed E-state index contributed by atoms with van der Waals surface area (Å²) in [5.74, 6) is -1.06. The third-order valence-corrected chi connectivity index (χ3v) is 6.02. The zero-order valence-electron chi connectivity index (χ0n) is 19.9. The van der Waals surface area contributed by atoms with Crippen LogP contribution in [0.3, 0.4) is 0 Å². The van der Waals surface area contributed by atoms with Gasteiger partial charge in [-0.2, -0.15) is 0 Å². The number of carboxylic acids is 1. The summed E-state index contributed by atoms with van der Waals surface area (Å²) in [6, 6.07) is 9.55. The van der Waals surface area contributed by atoms with Crippen molar-refractivity contribution in [1.82, 2.24) is 4.90 Å². The van der Waals surface area contributed by atoms with Crippen molar-refractivity contribution in [3.05, 3.63) is 35.9 Å². The summed E-state index contributed by atoms with van der Waals surface area (Å²) in [7, 11) is 0. The van der Waals surface area contributed by atoms with Gasteiger partial charge >= 0.3 is 12.1 Å². The molecule has 1 N–H and O–H groups in total. The fraction of sp³-hybridized carbons (Fsp3) is 0.680. The number of amides is 1. The average Bonchev–Trinajstić information content (AvgIpc) is 3.26. The second-order valence-electron chi connectivity index (χ2n) is 9.82. The third kappa shape index (κ3) is 7.98. The molecule has 2 atom stereocenters. The van der Waals surface area contributed by atoms with E-state index in [1.807, 2.05) is 51.1 Å². The number of rotatable bonds is 9. The lowest BCUT2D eigenvalue weighted by Gasteiger charge is -2.36. The van der Waals surface area contributed by atoms with Crippen LogP contribution in [0.15, 0.2) is 30.3 Å². The molecule has 0 spiro atoms. The van der Waals surface area contributed by atoms with Gasteiger partial charge in [0.2, 0.25) is 0 Å². The number of aliphatic carboxylic acids is 1. The van der Waals surface area contributed by atoms with E-state index in [1.54, 1.807) is 4.90 Å². The molecule has 33 heavy (non-hydrogen) atoms. The predicted molar refractivity (Wildman–Crippen MR) is 121 cm³/mol. The third-order valence-electron chi connectivity index (χ3n) is 6.02. The smallest absolute Gasteiger partial charge is 0.410 e. The van der Waals surface area contributed by atoms with Crippen LogP contribution in [0.25, 0.3) is 0 Å². The molecule has 8 nitrogen and oxygen atoms in total. The van der Waals surface area contributed by atoms with Gasteiger partial charge in [0.1, 0.15) is 12.4 Å². The van der Waals surface area contributed by atoms with Crippen molar-refractivity contribution in [2.75, 3.05) is 13.3 Å². The Hall–Kier alpha value is -2.16. The molecule has 1 aromatic rings. The lowest BCUT2D eigenvalue weighted by molar-refractivity contribution is -0.239. The predicted octanol–water partition coefficient (Wildman–Crippen LogP) is 4.56. The highest BCUT2D eigenvalue weighted by molar-refractivity contribution is 5.70. The minimum absolute atomic E-state index is 0.0304. The maximum Gasteiger partial charge on any atom is 0.410 e. The van der Waals surface area contributed by atoms with E-state index < -0.39 is 17.9 Å². The van der Waals surface area contributed by atoms with E-state index in [-0.39, 0.29) is 30.9 Å². The summed E-state index contributed by atoms with van der Waals surface area (Å²) >= 11 is 0. The molecule has 1 saturated heterocycles. The molecular weight excluding hydrogens is 426 g/mol. The second kappa shape index (κ2) is 11.8. The molecule has 1 heterocycles. The Labute approximate surface area is 196 Å². The molecule has 2 fully saturated rings. The first-order valence-electron chi connectivity index (χ1n) is 11.8. The Morgan fingerprint density at radius 1 is 1.09 bits per heavy atom. The molecule has 184 valence electrons. The fourth-order valence-electron chi connectivity index (χ4n) is 4.35. The van der Waals surface area contributed by atoms with Gasteiger partial charge in [0, 0.05) is 6.54 Å². The molecule has 3 rings (SSSR count). The molecule has 1 aliphatic heterocycles. The van der Waals surface area contributed by atoms with Gasteiger partial charge in [0.15, 0.2) is 6.29 Å². The zero-order valence-corrected chi connectivity index (χ0v) is 19.9. The molecule has 1 amide bonds. The van der Waals surface area contributed by atoms with E-state index in [9.17, 15) is 14.7 Å². The standard InChI is InChI=1S/C25H37NO7/c1-25(2,3)33-24(29)26-15-7-10-21(26)23(31-17-30-16-18-8-5-4-6-9-18)32-20-13-11-19(12-14-20)22(27)28/h4-6,8-9,19-21,23H,7,10-17H2,1-3H3,(H,27,28)/t19?,20?,21-,23?/m0/s1. The monoisotopic (exact) mass is 463 g/mol. The van der Waals surface area contributed by atoms with Crippen molar-refractivity contribution in [3.8, 4) is 0 Å². The van der Waals surface area contributed by atoms with Crippen LogP contribution in [-0.2, 0) is 30.3 Å². The van der Waals surface area contributed by atoms with Crippen LogP contribution in [0.1, 0.15) is 64.9 Å². The summed E-state index contributed by atoms with van der Waals surface area (Å²) in [6.45, 7) is 6.57. The molecule has 1 aromatic carbocycles. The Morgan fingerprint density at radius 3 is 2.42 bits per heavy atom. The van der Waals surface area contributed by atoms with Gasteiger partial charge in [-0.3, -0.25) is 4.79 Å². The number of carbonyl (C=O) groups excluding carboxylic acids is 1. The number of carbonyl (C=O) groups is 2. The number of hydrogen-bond acceptors (Lipinski definition) is 6. The van der Waals surface area contributed by atoms with Crippen LogP contribution in [0.4, 0.5) is 4.79 Å².